The molecule has 0 radical (unpaired) electrons. The van der Waals surface area contributed by atoms with E-state index in [2.05, 4.69) is 58.2 Å². The number of nitrogens with zero attached hydrogens (tertiary/aromatic N) is 4. The molecule has 1 aliphatic heterocycles. The molecular weight excluding hydrogens is 410 g/mol. The van der Waals surface area contributed by atoms with Crippen molar-refractivity contribution < 1.29 is 9.32 Å². The summed E-state index contributed by atoms with van der Waals surface area (Å²) in [4.78, 5) is 21.7. The molecule has 164 valence electrons. The number of rotatable bonds is 6. The lowest BCUT2D eigenvalue weighted by Crippen LogP contribution is -2.48. The van der Waals surface area contributed by atoms with Crippen molar-refractivity contribution in [1.29, 1.82) is 0 Å². The fourth-order valence-corrected chi connectivity index (χ4v) is 4.94. The van der Waals surface area contributed by atoms with E-state index in [0.717, 1.165) is 55.4 Å². The van der Waals surface area contributed by atoms with Crippen molar-refractivity contribution in [3.8, 4) is 11.3 Å². The Kier molecular flexibility index (Phi) is 6.50. The van der Waals surface area contributed by atoms with E-state index in [9.17, 15) is 4.79 Å². The van der Waals surface area contributed by atoms with Crippen LogP contribution in [0.4, 0.5) is 5.13 Å². The van der Waals surface area contributed by atoms with E-state index in [1.54, 1.807) is 0 Å². The first kappa shape index (κ1) is 21.7. The molecule has 1 amide bonds. The lowest BCUT2D eigenvalue weighted by atomic mass is 9.98. The lowest BCUT2D eigenvalue weighted by molar-refractivity contribution is -0.117. The highest BCUT2D eigenvalue weighted by Gasteiger charge is 2.20. The lowest BCUT2D eigenvalue weighted by Gasteiger charge is -2.33. The summed E-state index contributed by atoms with van der Waals surface area (Å²) in [5.41, 5.74) is 6.70. The van der Waals surface area contributed by atoms with Gasteiger partial charge in [-0.25, -0.2) is 4.98 Å². The zero-order chi connectivity index (χ0) is 22.0. The fraction of sp³-hybridized carbons (Fsp3) is 0.435. The van der Waals surface area contributed by atoms with Gasteiger partial charge >= 0.3 is 0 Å². The normalized spacial score (nSPS) is 15.4. The van der Waals surface area contributed by atoms with Crippen LogP contribution in [0.25, 0.3) is 11.3 Å². The van der Waals surface area contributed by atoms with Crippen LogP contribution < -0.4 is 5.32 Å². The summed E-state index contributed by atoms with van der Waals surface area (Å²) in [7, 11) is 0. The Morgan fingerprint density at radius 3 is 2.39 bits per heavy atom. The van der Waals surface area contributed by atoms with Crippen molar-refractivity contribution in [3.05, 3.63) is 51.7 Å². The Hall–Kier alpha value is -2.55. The topological polar surface area (TPSA) is 74.5 Å². The maximum Gasteiger partial charge on any atom is 0.240 e. The predicted molar refractivity (Wildman–Crippen MR) is 123 cm³/mol. The summed E-state index contributed by atoms with van der Waals surface area (Å²) < 4.78 is 5.14. The molecule has 0 unspecified atom stereocenters. The third-order valence-corrected chi connectivity index (χ3v) is 6.34. The molecule has 31 heavy (non-hydrogen) atoms. The molecule has 1 N–H and O–H groups in total. The number of hydrogen-bond donors (Lipinski definition) is 1. The van der Waals surface area contributed by atoms with Gasteiger partial charge in [0, 0.05) is 49.7 Å². The van der Waals surface area contributed by atoms with Gasteiger partial charge in [-0.3, -0.25) is 14.6 Å². The largest absolute Gasteiger partial charge is 0.361 e. The van der Waals surface area contributed by atoms with Gasteiger partial charge in [0.05, 0.1) is 17.9 Å². The van der Waals surface area contributed by atoms with Gasteiger partial charge in [0.2, 0.25) is 5.91 Å². The van der Waals surface area contributed by atoms with Crippen molar-refractivity contribution in [2.24, 2.45) is 0 Å². The Labute approximate surface area is 187 Å². The van der Waals surface area contributed by atoms with Crippen LogP contribution in [-0.2, 0) is 11.3 Å². The number of amides is 1. The first-order valence-electron chi connectivity index (χ1n) is 10.6. The number of nitrogens with one attached hydrogen (secondary N) is 1. The molecule has 0 aliphatic carbocycles. The van der Waals surface area contributed by atoms with Gasteiger partial charge in [-0.15, -0.1) is 11.3 Å². The van der Waals surface area contributed by atoms with E-state index in [0.29, 0.717) is 11.7 Å². The van der Waals surface area contributed by atoms with E-state index >= 15 is 0 Å². The fourth-order valence-electron chi connectivity index (χ4n) is 4.22. The van der Waals surface area contributed by atoms with E-state index in [-0.39, 0.29) is 5.91 Å². The monoisotopic (exact) mass is 439 g/mol. The number of hydrogen-bond acceptors (Lipinski definition) is 7. The van der Waals surface area contributed by atoms with Gasteiger partial charge in [-0.05, 0) is 38.8 Å². The molecule has 3 heterocycles. The number of thiazole rings is 1. The Bertz CT molecular complexity index is 1040. The van der Waals surface area contributed by atoms with E-state index in [1.165, 1.54) is 28.0 Å². The number of anilines is 1. The summed E-state index contributed by atoms with van der Waals surface area (Å²) in [6.07, 6.45) is 0. The third kappa shape index (κ3) is 5.39. The SMILES string of the molecule is Cc1cc(C)c(-c2csc(NC(=O)CN3CCN(Cc4cc(C)on4)CC3)n2)c(C)c1. The summed E-state index contributed by atoms with van der Waals surface area (Å²) in [5.74, 6) is 0.821. The van der Waals surface area contributed by atoms with E-state index in [4.69, 9.17) is 4.52 Å². The Morgan fingerprint density at radius 1 is 1.06 bits per heavy atom. The molecule has 0 atom stereocenters. The molecule has 8 heteroatoms. The summed E-state index contributed by atoms with van der Waals surface area (Å²) >= 11 is 1.47. The zero-order valence-corrected chi connectivity index (χ0v) is 19.4. The van der Waals surface area contributed by atoms with Crippen LogP contribution in [0, 0.1) is 27.7 Å². The molecule has 1 aliphatic rings. The van der Waals surface area contributed by atoms with Crippen LogP contribution in [-0.4, -0.2) is 58.6 Å². The minimum atomic E-state index is -0.0150. The summed E-state index contributed by atoms with van der Waals surface area (Å²) in [6, 6.07) is 6.31. The smallest absolute Gasteiger partial charge is 0.240 e. The van der Waals surface area contributed by atoms with E-state index in [1.807, 2.05) is 18.4 Å². The van der Waals surface area contributed by atoms with Crippen LogP contribution in [0.2, 0.25) is 0 Å². The van der Waals surface area contributed by atoms with Crippen molar-refractivity contribution in [2.45, 2.75) is 34.2 Å². The second kappa shape index (κ2) is 9.30. The zero-order valence-electron chi connectivity index (χ0n) is 18.6. The molecule has 1 aromatic carbocycles. The molecule has 3 aromatic rings. The molecule has 1 saturated heterocycles. The Balaban J connectivity index is 1.28. The van der Waals surface area contributed by atoms with E-state index < -0.39 is 0 Å². The van der Waals surface area contributed by atoms with Crippen LogP contribution in [0.15, 0.2) is 28.1 Å². The minimum Gasteiger partial charge on any atom is -0.361 e. The third-order valence-electron chi connectivity index (χ3n) is 5.58. The maximum atomic E-state index is 12.6. The highest BCUT2D eigenvalue weighted by Crippen LogP contribution is 2.31. The quantitative estimate of drug-likeness (QED) is 0.630. The highest BCUT2D eigenvalue weighted by atomic mass is 32.1. The predicted octanol–water partition coefficient (Wildman–Crippen LogP) is 3.79. The number of aromatic nitrogens is 2. The second-order valence-corrected chi connectivity index (χ2v) is 9.20. The second-order valence-electron chi connectivity index (χ2n) is 8.34. The summed E-state index contributed by atoms with van der Waals surface area (Å²) in [6.45, 7) is 12.9. The highest BCUT2D eigenvalue weighted by molar-refractivity contribution is 7.14. The van der Waals surface area contributed by atoms with Gasteiger partial charge in [-0.2, -0.15) is 0 Å². The number of benzene rings is 1. The average Bonchev–Trinajstić information content (AvgIpc) is 3.31. The van der Waals surface area contributed by atoms with Gasteiger partial charge in [-0.1, -0.05) is 22.9 Å². The molecule has 2 aromatic heterocycles. The van der Waals surface area contributed by atoms with Crippen molar-refractivity contribution in [3.63, 3.8) is 0 Å². The summed E-state index contributed by atoms with van der Waals surface area (Å²) in [5, 5.41) is 9.71. The molecule has 4 rings (SSSR count). The van der Waals surface area contributed by atoms with Gasteiger partial charge < -0.3 is 9.84 Å². The molecule has 0 saturated carbocycles. The van der Waals surface area contributed by atoms with Gasteiger partial charge in [0.15, 0.2) is 5.13 Å². The van der Waals surface area contributed by atoms with Crippen LogP contribution in [0.5, 0.6) is 0 Å². The van der Waals surface area contributed by atoms with Crippen LogP contribution in [0.3, 0.4) is 0 Å². The number of carbonyl (C=O) groups excluding carboxylic acids is 1. The van der Waals surface area contributed by atoms with Crippen LogP contribution in [0.1, 0.15) is 28.1 Å². The van der Waals surface area contributed by atoms with Gasteiger partial charge in [0.25, 0.3) is 0 Å². The van der Waals surface area contributed by atoms with Crippen molar-refractivity contribution >= 4 is 22.4 Å². The average molecular weight is 440 g/mol. The van der Waals surface area contributed by atoms with Gasteiger partial charge in [0.1, 0.15) is 5.76 Å². The van der Waals surface area contributed by atoms with Crippen molar-refractivity contribution in [1.82, 2.24) is 19.9 Å². The standard InChI is InChI=1S/C23H29N5O2S/c1-15-9-16(2)22(17(3)10-15)20-14-31-23(24-20)25-21(29)13-28-7-5-27(6-8-28)12-19-11-18(4)30-26-19/h9-11,14H,5-8,12-13H2,1-4H3,(H,24,25,29). The number of carbonyl (C=O) groups is 1. The maximum absolute atomic E-state index is 12.6. The molecule has 0 bridgehead atoms. The Morgan fingerprint density at radius 2 is 1.74 bits per heavy atom. The van der Waals surface area contributed by atoms with Crippen molar-refractivity contribution in [2.75, 3.05) is 38.0 Å². The van der Waals surface area contributed by atoms with Crippen LogP contribution >= 0.6 is 11.3 Å². The first-order chi connectivity index (χ1) is 14.9. The molecular formula is C23H29N5O2S. The minimum absolute atomic E-state index is 0.0150. The molecule has 1 fully saturated rings. The first-order valence-corrected chi connectivity index (χ1v) is 11.5. The molecule has 7 nitrogen and oxygen atoms in total. The number of aryl methyl sites for hydroxylation is 4. The number of piperazine rings is 1. The molecule has 0 spiro atoms.